The molecule has 0 atom stereocenters. The van der Waals surface area contributed by atoms with Crippen molar-refractivity contribution in [2.45, 2.75) is 25.0 Å². The molecule has 0 unspecified atom stereocenters. The molecule has 1 heterocycles. The first-order valence-corrected chi connectivity index (χ1v) is 9.23. The van der Waals surface area contributed by atoms with Gasteiger partial charge in [0.25, 0.3) is 0 Å². The van der Waals surface area contributed by atoms with E-state index in [1.54, 1.807) is 18.6 Å². The van der Waals surface area contributed by atoms with Crippen LogP contribution in [0.2, 0.25) is 0 Å². The molecule has 28 heavy (non-hydrogen) atoms. The Morgan fingerprint density at radius 2 is 1.07 bits per heavy atom. The van der Waals surface area contributed by atoms with E-state index in [0.29, 0.717) is 0 Å². The molecule has 0 saturated carbocycles. The maximum Gasteiger partial charge on any atom is 0.205 e. The molecule has 1 N–H and O–H groups in total. The van der Waals surface area contributed by atoms with E-state index in [4.69, 9.17) is 0 Å². The Bertz CT molecular complexity index is 942. The Kier molecular flexibility index (Phi) is 4.53. The van der Waals surface area contributed by atoms with E-state index < -0.39 is 11.1 Å². The van der Waals surface area contributed by atoms with Crippen LogP contribution in [-0.2, 0) is 11.1 Å². The van der Waals surface area contributed by atoms with Crippen LogP contribution in [0.1, 0.15) is 36.4 Å². The third-order valence-electron chi connectivity index (χ3n) is 4.84. The summed E-state index contributed by atoms with van der Waals surface area (Å²) < 4.78 is 0. The Morgan fingerprint density at radius 1 is 0.679 bits per heavy atom. The Labute approximate surface area is 164 Å². The number of hydrogen-bond donors (Lipinski definition) is 1. The Balaban J connectivity index is 2.09. The molecule has 5 nitrogen and oxygen atoms in total. The van der Waals surface area contributed by atoms with Gasteiger partial charge in [0.1, 0.15) is 5.60 Å². The number of aliphatic hydroxyl groups is 1. The smallest absolute Gasteiger partial charge is 0.205 e. The minimum Gasteiger partial charge on any atom is -0.382 e. The predicted molar refractivity (Wildman–Crippen MR) is 108 cm³/mol. The van der Waals surface area contributed by atoms with Crippen LogP contribution < -0.4 is 0 Å². The molecule has 0 amide bonds. The molecule has 1 aromatic heterocycles. The molecule has 5 heteroatoms. The highest BCUT2D eigenvalue weighted by Crippen LogP contribution is 2.39. The molecule has 140 valence electrons. The summed E-state index contributed by atoms with van der Waals surface area (Å²) in [5.41, 5.74) is 1.01. The maximum absolute atomic E-state index is 10.4. The van der Waals surface area contributed by atoms with Gasteiger partial charge < -0.3 is 5.11 Å². The molecule has 0 aliphatic heterocycles. The molecule has 0 bridgehead atoms. The first-order valence-electron chi connectivity index (χ1n) is 9.23. The minimum absolute atomic E-state index is 0.277. The molecule has 0 spiro atoms. The minimum atomic E-state index is -1.19. The molecule has 3 aromatic carbocycles. The van der Waals surface area contributed by atoms with Gasteiger partial charge in [-0.05, 0) is 35.8 Å². The van der Waals surface area contributed by atoms with Gasteiger partial charge in [-0.15, -0.1) is 15.0 Å². The summed E-state index contributed by atoms with van der Waals surface area (Å²) >= 11 is 0. The second kappa shape index (κ2) is 7.02. The van der Waals surface area contributed by atoms with Gasteiger partial charge in [-0.2, -0.15) is 0 Å². The second-order valence-electron chi connectivity index (χ2n) is 7.27. The Hall–Kier alpha value is -3.31. The normalized spacial score (nSPS) is 12.1. The standard InChI is InChI=1S/C23H22N4O/c1-22(2,28)21-24-26-27(25-21)23(18-12-6-3-7-13-18,19-14-8-4-9-15-19)20-16-10-5-11-17-20/h3-17,28H,1-2H3. The zero-order valence-electron chi connectivity index (χ0n) is 15.9. The van der Waals surface area contributed by atoms with Crippen molar-refractivity contribution in [1.82, 2.24) is 20.2 Å². The van der Waals surface area contributed by atoms with Crippen LogP contribution in [0.4, 0.5) is 0 Å². The topological polar surface area (TPSA) is 63.8 Å². The van der Waals surface area contributed by atoms with E-state index in [9.17, 15) is 5.11 Å². The lowest BCUT2D eigenvalue weighted by Crippen LogP contribution is -2.40. The first-order chi connectivity index (χ1) is 13.5. The summed E-state index contributed by atoms with van der Waals surface area (Å²) in [6.45, 7) is 3.31. The highest BCUT2D eigenvalue weighted by molar-refractivity contribution is 5.49. The first kappa shape index (κ1) is 18.1. The summed E-state index contributed by atoms with van der Waals surface area (Å²) in [5, 5.41) is 23.6. The van der Waals surface area contributed by atoms with Crippen molar-refractivity contribution in [3.63, 3.8) is 0 Å². The maximum atomic E-state index is 10.4. The zero-order chi connectivity index (χ0) is 19.6. The molecule has 0 aliphatic carbocycles. The van der Waals surface area contributed by atoms with Crippen molar-refractivity contribution >= 4 is 0 Å². The van der Waals surface area contributed by atoms with Crippen molar-refractivity contribution in [3.8, 4) is 0 Å². The largest absolute Gasteiger partial charge is 0.382 e. The summed E-state index contributed by atoms with van der Waals surface area (Å²) in [4.78, 5) is 1.61. The highest BCUT2D eigenvalue weighted by atomic mass is 16.3. The zero-order valence-corrected chi connectivity index (χ0v) is 15.9. The molecule has 0 aliphatic rings. The Morgan fingerprint density at radius 3 is 1.39 bits per heavy atom. The molecule has 0 saturated heterocycles. The molecule has 4 rings (SSSR count). The monoisotopic (exact) mass is 370 g/mol. The van der Waals surface area contributed by atoms with Gasteiger partial charge in [0.2, 0.25) is 5.82 Å². The van der Waals surface area contributed by atoms with Crippen LogP contribution >= 0.6 is 0 Å². The van der Waals surface area contributed by atoms with Gasteiger partial charge in [0.15, 0.2) is 5.54 Å². The van der Waals surface area contributed by atoms with Crippen LogP contribution in [-0.4, -0.2) is 25.3 Å². The van der Waals surface area contributed by atoms with Crippen LogP contribution in [0.3, 0.4) is 0 Å². The van der Waals surface area contributed by atoms with Gasteiger partial charge in [-0.3, -0.25) is 0 Å². The summed E-state index contributed by atoms with van der Waals surface area (Å²) in [5.74, 6) is 0.277. The molecule has 4 aromatic rings. The SMILES string of the molecule is CC(C)(O)c1nnn(C(c2ccccc2)(c2ccccc2)c2ccccc2)n1. The van der Waals surface area contributed by atoms with Crippen LogP contribution in [0.25, 0.3) is 0 Å². The van der Waals surface area contributed by atoms with Crippen LogP contribution in [0, 0.1) is 0 Å². The second-order valence-corrected chi connectivity index (χ2v) is 7.27. The van der Waals surface area contributed by atoms with Gasteiger partial charge in [-0.25, -0.2) is 0 Å². The van der Waals surface area contributed by atoms with E-state index in [0.717, 1.165) is 16.7 Å². The summed E-state index contributed by atoms with van der Waals surface area (Å²) in [6, 6.07) is 30.4. The fourth-order valence-corrected chi connectivity index (χ4v) is 3.49. The van der Waals surface area contributed by atoms with Crippen LogP contribution in [0.5, 0.6) is 0 Å². The number of benzene rings is 3. The van der Waals surface area contributed by atoms with E-state index in [2.05, 4.69) is 51.8 Å². The van der Waals surface area contributed by atoms with Crippen molar-refractivity contribution in [2.75, 3.05) is 0 Å². The van der Waals surface area contributed by atoms with E-state index in [1.807, 2.05) is 54.6 Å². The van der Waals surface area contributed by atoms with Crippen LogP contribution in [0.15, 0.2) is 91.0 Å². The molecular formula is C23H22N4O. The predicted octanol–water partition coefficient (Wildman–Crippen LogP) is 3.74. The summed E-state index contributed by atoms with van der Waals surface area (Å²) in [6.07, 6.45) is 0. The van der Waals surface area contributed by atoms with Gasteiger partial charge in [0, 0.05) is 0 Å². The fraction of sp³-hybridized carbons (Fsp3) is 0.174. The lowest BCUT2D eigenvalue weighted by Gasteiger charge is -2.34. The van der Waals surface area contributed by atoms with Gasteiger partial charge >= 0.3 is 0 Å². The molecular weight excluding hydrogens is 348 g/mol. The van der Waals surface area contributed by atoms with Crippen molar-refractivity contribution in [1.29, 1.82) is 0 Å². The van der Waals surface area contributed by atoms with E-state index in [1.165, 1.54) is 0 Å². The van der Waals surface area contributed by atoms with E-state index >= 15 is 0 Å². The third kappa shape index (κ3) is 3.00. The number of hydrogen-bond acceptors (Lipinski definition) is 4. The lowest BCUT2D eigenvalue weighted by molar-refractivity contribution is 0.0681. The van der Waals surface area contributed by atoms with Crippen molar-refractivity contribution < 1.29 is 5.11 Å². The van der Waals surface area contributed by atoms with Crippen molar-refractivity contribution in [2.24, 2.45) is 0 Å². The number of nitrogens with zero attached hydrogens (tertiary/aromatic N) is 4. The molecule has 0 radical (unpaired) electrons. The quantitative estimate of drug-likeness (QED) is 0.544. The van der Waals surface area contributed by atoms with Gasteiger partial charge in [-0.1, -0.05) is 91.0 Å². The lowest BCUT2D eigenvalue weighted by atomic mass is 9.77. The summed E-state index contributed by atoms with van der Waals surface area (Å²) in [7, 11) is 0. The van der Waals surface area contributed by atoms with Gasteiger partial charge in [0.05, 0.1) is 0 Å². The fourth-order valence-electron chi connectivity index (χ4n) is 3.49. The number of rotatable bonds is 5. The van der Waals surface area contributed by atoms with E-state index in [-0.39, 0.29) is 5.82 Å². The highest BCUT2D eigenvalue weighted by Gasteiger charge is 2.41. The average Bonchev–Trinajstić information content (AvgIpc) is 3.22. The number of aromatic nitrogens is 4. The third-order valence-corrected chi connectivity index (χ3v) is 4.84. The average molecular weight is 370 g/mol. The number of tetrazole rings is 1. The van der Waals surface area contributed by atoms with Crippen molar-refractivity contribution in [3.05, 3.63) is 114 Å². The molecule has 0 fully saturated rings.